The number of aromatic nitrogens is 1. The number of anilines is 3. The molecule has 4 heteroatoms. The molecule has 0 fully saturated rings. The molecule has 0 amide bonds. The summed E-state index contributed by atoms with van der Waals surface area (Å²) in [6.07, 6.45) is 0. The zero-order chi connectivity index (χ0) is 32.3. The van der Waals surface area contributed by atoms with Crippen LogP contribution in [-0.2, 0) is 0 Å². The third-order valence-electron chi connectivity index (χ3n) is 9.45. The number of benzene rings is 8. The lowest BCUT2D eigenvalue weighted by atomic mass is 9.99. The van der Waals surface area contributed by atoms with Crippen LogP contribution in [0.5, 0.6) is 0 Å². The molecule has 2 aromatic heterocycles. The molecule has 2 heterocycles. The molecule has 0 aliphatic carbocycles. The quantitative estimate of drug-likeness (QED) is 0.175. The molecular weight excluding hydrogens is 617 g/mol. The fourth-order valence-electron chi connectivity index (χ4n) is 7.12. The maximum atomic E-state index is 6.12. The van der Waals surface area contributed by atoms with E-state index >= 15 is 0 Å². The van der Waals surface area contributed by atoms with E-state index in [4.69, 9.17) is 9.40 Å². The minimum atomic E-state index is 0.905. The van der Waals surface area contributed by atoms with Crippen molar-refractivity contribution in [3.63, 3.8) is 0 Å². The van der Waals surface area contributed by atoms with Gasteiger partial charge >= 0.3 is 0 Å². The topological polar surface area (TPSA) is 29.3 Å². The first kappa shape index (κ1) is 27.8. The van der Waals surface area contributed by atoms with Crippen LogP contribution in [0, 0.1) is 0 Å². The SMILES string of the molecule is c1ccc(-c2nc3c(ccc4ccc5cc(N(c6ccccc6)c6cccc(-c7ccc8oc9ccccc9c8c7)c6)ccc5c43)s2)cc1. The average molecular weight is 645 g/mol. The maximum absolute atomic E-state index is 6.12. The zero-order valence-corrected chi connectivity index (χ0v) is 27.2. The summed E-state index contributed by atoms with van der Waals surface area (Å²) in [5.74, 6) is 0. The summed E-state index contributed by atoms with van der Waals surface area (Å²) in [7, 11) is 0. The van der Waals surface area contributed by atoms with Crippen LogP contribution in [0.4, 0.5) is 17.1 Å². The van der Waals surface area contributed by atoms with Crippen LogP contribution in [0.25, 0.3) is 75.4 Å². The molecule has 0 unspecified atom stereocenters. The Bertz CT molecular complexity index is 2840. The highest BCUT2D eigenvalue weighted by Gasteiger charge is 2.17. The van der Waals surface area contributed by atoms with E-state index in [9.17, 15) is 0 Å². The minimum Gasteiger partial charge on any atom is -0.456 e. The minimum absolute atomic E-state index is 0.905. The summed E-state index contributed by atoms with van der Waals surface area (Å²) in [6.45, 7) is 0. The second-order valence-corrected chi connectivity index (χ2v) is 13.4. The highest BCUT2D eigenvalue weighted by atomic mass is 32.1. The van der Waals surface area contributed by atoms with Gasteiger partial charge in [-0.1, -0.05) is 109 Å². The molecule has 0 spiro atoms. The van der Waals surface area contributed by atoms with Gasteiger partial charge in [0.2, 0.25) is 0 Å². The monoisotopic (exact) mass is 644 g/mol. The summed E-state index contributed by atoms with van der Waals surface area (Å²) in [5, 5.41) is 8.11. The van der Waals surface area contributed by atoms with Gasteiger partial charge in [0.05, 0.1) is 10.2 Å². The molecular formula is C45H28N2OS. The lowest BCUT2D eigenvalue weighted by Gasteiger charge is -2.26. The van der Waals surface area contributed by atoms with Crippen LogP contribution < -0.4 is 4.90 Å². The van der Waals surface area contributed by atoms with Crippen LogP contribution in [0.3, 0.4) is 0 Å². The Labute approximate surface area is 286 Å². The van der Waals surface area contributed by atoms with Gasteiger partial charge in [-0.15, -0.1) is 11.3 Å². The predicted octanol–water partition coefficient (Wildman–Crippen LogP) is 13.3. The highest BCUT2D eigenvalue weighted by molar-refractivity contribution is 7.21. The molecule has 49 heavy (non-hydrogen) atoms. The molecule has 0 radical (unpaired) electrons. The normalized spacial score (nSPS) is 11.7. The molecule has 0 atom stereocenters. The van der Waals surface area contributed by atoms with Crippen molar-refractivity contribution in [3.05, 3.63) is 170 Å². The molecule has 0 saturated carbocycles. The molecule has 0 N–H and O–H groups in total. The van der Waals surface area contributed by atoms with Gasteiger partial charge < -0.3 is 9.32 Å². The summed E-state index contributed by atoms with van der Waals surface area (Å²) in [4.78, 5) is 7.53. The molecule has 0 aliphatic heterocycles. The van der Waals surface area contributed by atoms with Crippen molar-refractivity contribution in [1.29, 1.82) is 0 Å². The second-order valence-electron chi connectivity index (χ2n) is 12.4. The van der Waals surface area contributed by atoms with Gasteiger partial charge in [-0.25, -0.2) is 4.98 Å². The Morgan fingerprint density at radius 1 is 0.449 bits per heavy atom. The fourth-order valence-corrected chi connectivity index (χ4v) is 8.10. The second kappa shape index (κ2) is 11.2. The van der Waals surface area contributed by atoms with Gasteiger partial charge in [0.1, 0.15) is 16.2 Å². The standard InChI is InChI=1S/C45H28N2OS/c1-3-10-30(11-4-1)45-46-44-42(49-45)25-21-29-18-19-33-27-36(22-23-37(33)43(29)44)47(34-13-5-2-6-14-34)35-15-9-12-31(26-35)32-20-24-41-39(28-32)38-16-7-8-17-40(38)48-41/h1-28H. The van der Waals surface area contributed by atoms with Gasteiger partial charge in [-0.2, -0.15) is 0 Å². The van der Waals surface area contributed by atoms with Gasteiger partial charge in [0.15, 0.2) is 0 Å². The zero-order valence-electron chi connectivity index (χ0n) is 26.4. The predicted molar refractivity (Wildman–Crippen MR) is 207 cm³/mol. The smallest absolute Gasteiger partial charge is 0.135 e. The van der Waals surface area contributed by atoms with Crippen LogP contribution in [0.1, 0.15) is 0 Å². The molecule has 230 valence electrons. The van der Waals surface area contributed by atoms with Crippen molar-refractivity contribution in [3.8, 4) is 21.7 Å². The largest absolute Gasteiger partial charge is 0.456 e. The lowest BCUT2D eigenvalue weighted by Crippen LogP contribution is -2.09. The maximum Gasteiger partial charge on any atom is 0.135 e. The van der Waals surface area contributed by atoms with E-state index in [0.717, 1.165) is 66.2 Å². The highest BCUT2D eigenvalue weighted by Crippen LogP contribution is 2.42. The Morgan fingerprint density at radius 2 is 1.14 bits per heavy atom. The van der Waals surface area contributed by atoms with Crippen LogP contribution in [0.2, 0.25) is 0 Å². The molecule has 10 rings (SSSR count). The first-order valence-electron chi connectivity index (χ1n) is 16.5. The third-order valence-corrected chi connectivity index (χ3v) is 10.5. The van der Waals surface area contributed by atoms with Gasteiger partial charge in [-0.3, -0.25) is 0 Å². The molecule has 3 nitrogen and oxygen atoms in total. The van der Waals surface area contributed by atoms with E-state index in [2.05, 4.69) is 157 Å². The van der Waals surface area contributed by atoms with Crippen molar-refractivity contribution in [2.75, 3.05) is 4.90 Å². The van der Waals surface area contributed by atoms with Gasteiger partial charge in [0.25, 0.3) is 0 Å². The number of hydrogen-bond acceptors (Lipinski definition) is 4. The molecule has 0 aliphatic rings. The van der Waals surface area contributed by atoms with E-state index in [0.29, 0.717) is 0 Å². The third kappa shape index (κ3) is 4.68. The number of rotatable bonds is 5. The Hall–Kier alpha value is -6.23. The molecule has 8 aromatic carbocycles. The number of nitrogens with zero attached hydrogens (tertiary/aromatic N) is 2. The van der Waals surface area contributed by atoms with E-state index in [1.54, 1.807) is 11.3 Å². The van der Waals surface area contributed by atoms with Crippen LogP contribution in [-0.4, -0.2) is 4.98 Å². The average Bonchev–Trinajstić information content (AvgIpc) is 3.77. The number of fused-ring (bicyclic) bond motifs is 8. The Kier molecular flexibility index (Phi) is 6.36. The van der Waals surface area contributed by atoms with Crippen LogP contribution >= 0.6 is 11.3 Å². The summed E-state index contributed by atoms with van der Waals surface area (Å²) >= 11 is 1.75. The van der Waals surface area contributed by atoms with Crippen molar-refractivity contribution in [2.24, 2.45) is 0 Å². The van der Waals surface area contributed by atoms with Gasteiger partial charge in [0, 0.05) is 38.8 Å². The number of furan rings is 1. The van der Waals surface area contributed by atoms with Crippen molar-refractivity contribution < 1.29 is 4.42 Å². The lowest BCUT2D eigenvalue weighted by molar-refractivity contribution is 0.669. The molecule has 0 saturated heterocycles. The van der Waals surface area contributed by atoms with E-state index in [1.807, 2.05) is 18.2 Å². The Morgan fingerprint density at radius 3 is 2.04 bits per heavy atom. The summed E-state index contributed by atoms with van der Waals surface area (Å²) in [5.41, 5.74) is 9.63. The number of para-hydroxylation sites is 2. The first-order chi connectivity index (χ1) is 24.3. The molecule has 0 bridgehead atoms. The van der Waals surface area contributed by atoms with Crippen molar-refractivity contribution in [2.45, 2.75) is 0 Å². The van der Waals surface area contributed by atoms with Crippen molar-refractivity contribution >= 4 is 82.1 Å². The summed E-state index contributed by atoms with van der Waals surface area (Å²) < 4.78 is 7.32. The number of hydrogen-bond donors (Lipinski definition) is 0. The van der Waals surface area contributed by atoms with E-state index < -0.39 is 0 Å². The van der Waals surface area contributed by atoms with E-state index in [-0.39, 0.29) is 0 Å². The Balaban J connectivity index is 1.11. The van der Waals surface area contributed by atoms with Gasteiger partial charge in [-0.05, 0) is 87.9 Å². The van der Waals surface area contributed by atoms with E-state index in [1.165, 1.54) is 26.2 Å². The number of thiazole rings is 1. The summed E-state index contributed by atoms with van der Waals surface area (Å²) in [6, 6.07) is 60.3. The van der Waals surface area contributed by atoms with Crippen molar-refractivity contribution in [1.82, 2.24) is 4.98 Å². The first-order valence-corrected chi connectivity index (χ1v) is 17.3. The fraction of sp³-hybridized carbons (Fsp3) is 0. The molecule has 10 aromatic rings. The van der Waals surface area contributed by atoms with Crippen LogP contribution in [0.15, 0.2) is 174 Å².